The van der Waals surface area contributed by atoms with E-state index in [0.717, 1.165) is 24.3 Å². The summed E-state index contributed by atoms with van der Waals surface area (Å²) >= 11 is 0. The van der Waals surface area contributed by atoms with Gasteiger partial charge in [0.25, 0.3) is 0 Å². The summed E-state index contributed by atoms with van der Waals surface area (Å²) in [6, 6.07) is 20.6. The largest absolute Gasteiger partial charge is 0.371 e. The first-order valence-electron chi connectivity index (χ1n) is 16.3. The lowest BCUT2D eigenvalue weighted by molar-refractivity contribution is 0.403. The zero-order chi connectivity index (χ0) is 27.6. The predicted molar refractivity (Wildman–Crippen MR) is 172 cm³/mol. The van der Waals surface area contributed by atoms with E-state index in [9.17, 15) is 0 Å². The fourth-order valence-corrected chi connectivity index (χ4v) is 5.73. The molecule has 0 aliphatic rings. The van der Waals surface area contributed by atoms with E-state index in [1.807, 2.05) is 0 Å². The third kappa shape index (κ3) is 11.0. The van der Waals surface area contributed by atoms with Crippen LogP contribution in [0.2, 0.25) is 0 Å². The fourth-order valence-electron chi connectivity index (χ4n) is 5.73. The van der Waals surface area contributed by atoms with Crippen LogP contribution in [0.3, 0.4) is 0 Å². The van der Waals surface area contributed by atoms with Crippen molar-refractivity contribution in [1.29, 1.82) is 0 Å². The minimum absolute atomic E-state index is 0.721. The van der Waals surface area contributed by atoms with Gasteiger partial charge in [-0.1, -0.05) is 118 Å². The van der Waals surface area contributed by atoms with Crippen molar-refractivity contribution in [2.75, 3.05) is 29.4 Å². The van der Waals surface area contributed by atoms with Gasteiger partial charge in [-0.15, -0.1) is 0 Å². The monoisotopic (exact) mass is 520 g/mol. The molecule has 0 amide bonds. The van der Waals surface area contributed by atoms with Crippen LogP contribution in [-0.4, -0.2) is 19.6 Å². The van der Waals surface area contributed by atoms with E-state index in [-0.39, 0.29) is 0 Å². The van der Waals surface area contributed by atoms with Gasteiger partial charge in [0.05, 0.1) is 0 Å². The van der Waals surface area contributed by atoms with Crippen LogP contribution < -0.4 is 9.80 Å². The number of anilines is 3. The smallest absolute Gasteiger partial charge is 0.0412 e. The molecule has 2 aromatic carbocycles. The highest BCUT2D eigenvalue weighted by Gasteiger charge is 2.19. The SMILES string of the molecule is CCCCC(CC)CN(CC(CC)CCCC)c1ccc(N(CC(CC)CCCC)c2ccccc2)cc1. The van der Waals surface area contributed by atoms with Gasteiger partial charge in [-0.3, -0.25) is 0 Å². The van der Waals surface area contributed by atoms with Crippen LogP contribution >= 0.6 is 0 Å². The summed E-state index contributed by atoms with van der Waals surface area (Å²) in [5.41, 5.74) is 4.04. The molecule has 2 aromatic rings. The second-order valence-electron chi connectivity index (χ2n) is 11.6. The number of para-hydroxylation sites is 1. The highest BCUT2D eigenvalue weighted by Crippen LogP contribution is 2.31. The standard InChI is InChI=1S/C36H60N2/c1-7-13-19-31(10-4)28-37(29-32(11-5)20-14-8-2)34-24-26-36(27-25-34)38(35-22-17-16-18-23-35)30-33(12-6)21-15-9-3/h16-18,22-27,31-33H,7-15,19-21,28-30H2,1-6H3. The van der Waals surface area contributed by atoms with Crippen molar-refractivity contribution >= 4 is 17.1 Å². The lowest BCUT2D eigenvalue weighted by Crippen LogP contribution is -2.34. The van der Waals surface area contributed by atoms with Crippen LogP contribution in [0.5, 0.6) is 0 Å². The average molecular weight is 521 g/mol. The predicted octanol–water partition coefficient (Wildman–Crippen LogP) is 11.3. The molecule has 2 rings (SSSR count). The van der Waals surface area contributed by atoms with Crippen molar-refractivity contribution in [3.05, 3.63) is 54.6 Å². The number of hydrogen-bond acceptors (Lipinski definition) is 2. The summed E-state index contributed by atoms with van der Waals surface area (Å²) in [5.74, 6) is 2.28. The zero-order valence-corrected chi connectivity index (χ0v) is 25.9. The summed E-state index contributed by atoms with van der Waals surface area (Å²) in [6.07, 6.45) is 15.7. The maximum atomic E-state index is 2.74. The molecule has 0 saturated carbocycles. The molecule has 0 fully saturated rings. The Morgan fingerprint density at radius 2 is 0.868 bits per heavy atom. The van der Waals surface area contributed by atoms with Gasteiger partial charge in [0.1, 0.15) is 0 Å². The summed E-state index contributed by atoms with van der Waals surface area (Å²) in [4.78, 5) is 5.30. The highest BCUT2D eigenvalue weighted by molar-refractivity contribution is 5.66. The van der Waals surface area contributed by atoms with Gasteiger partial charge in [-0.25, -0.2) is 0 Å². The van der Waals surface area contributed by atoms with Crippen molar-refractivity contribution in [2.24, 2.45) is 17.8 Å². The van der Waals surface area contributed by atoms with E-state index in [1.165, 1.54) is 107 Å². The van der Waals surface area contributed by atoms with E-state index in [1.54, 1.807) is 0 Å². The van der Waals surface area contributed by atoms with Gasteiger partial charge in [-0.2, -0.15) is 0 Å². The first kappa shape index (κ1) is 32.3. The van der Waals surface area contributed by atoms with Gasteiger partial charge in [0.15, 0.2) is 0 Å². The Balaban J connectivity index is 2.32. The fraction of sp³-hybridized carbons (Fsp3) is 0.667. The van der Waals surface area contributed by atoms with Crippen molar-refractivity contribution in [2.45, 2.75) is 119 Å². The molecule has 214 valence electrons. The highest BCUT2D eigenvalue weighted by atomic mass is 15.1. The Labute approximate surface area is 237 Å². The normalized spacial score (nSPS) is 13.7. The molecular formula is C36H60N2. The lowest BCUT2D eigenvalue weighted by atomic mass is 9.95. The van der Waals surface area contributed by atoms with Crippen molar-refractivity contribution < 1.29 is 0 Å². The molecule has 2 nitrogen and oxygen atoms in total. The molecule has 0 bridgehead atoms. The first-order valence-corrected chi connectivity index (χ1v) is 16.3. The number of unbranched alkanes of at least 4 members (excludes halogenated alkanes) is 3. The quantitative estimate of drug-likeness (QED) is 0.161. The van der Waals surface area contributed by atoms with Gasteiger partial charge < -0.3 is 9.80 Å². The molecule has 38 heavy (non-hydrogen) atoms. The average Bonchev–Trinajstić information content (AvgIpc) is 2.97. The first-order chi connectivity index (χ1) is 18.6. The van der Waals surface area contributed by atoms with E-state index in [0.29, 0.717) is 0 Å². The molecule has 2 heteroatoms. The van der Waals surface area contributed by atoms with Crippen molar-refractivity contribution in [3.8, 4) is 0 Å². The Kier molecular flexibility index (Phi) is 16.3. The molecular weight excluding hydrogens is 460 g/mol. The molecule has 0 aliphatic heterocycles. The van der Waals surface area contributed by atoms with Crippen molar-refractivity contribution in [3.63, 3.8) is 0 Å². The topological polar surface area (TPSA) is 6.48 Å². The molecule has 0 N–H and O–H groups in total. The number of nitrogens with zero attached hydrogens (tertiary/aromatic N) is 2. The summed E-state index contributed by atoms with van der Waals surface area (Å²) in [5, 5.41) is 0. The van der Waals surface area contributed by atoms with Crippen LogP contribution in [0.15, 0.2) is 54.6 Å². The van der Waals surface area contributed by atoms with E-state index in [2.05, 4.69) is 106 Å². The molecule has 0 spiro atoms. The van der Waals surface area contributed by atoms with Gasteiger partial charge in [0.2, 0.25) is 0 Å². The summed E-state index contributed by atoms with van der Waals surface area (Å²) in [7, 11) is 0. The number of hydrogen-bond donors (Lipinski definition) is 0. The van der Waals surface area contributed by atoms with Crippen LogP contribution in [0.25, 0.3) is 0 Å². The molecule has 0 radical (unpaired) electrons. The van der Waals surface area contributed by atoms with Crippen LogP contribution in [0, 0.1) is 17.8 Å². The van der Waals surface area contributed by atoms with E-state index in [4.69, 9.17) is 0 Å². The third-order valence-electron chi connectivity index (χ3n) is 8.62. The number of rotatable bonds is 21. The van der Waals surface area contributed by atoms with E-state index >= 15 is 0 Å². The second kappa shape index (κ2) is 19.2. The zero-order valence-electron chi connectivity index (χ0n) is 25.9. The summed E-state index contributed by atoms with van der Waals surface area (Å²) < 4.78 is 0. The number of benzene rings is 2. The maximum Gasteiger partial charge on any atom is 0.0412 e. The van der Waals surface area contributed by atoms with Crippen LogP contribution in [0.1, 0.15) is 119 Å². The molecule has 0 saturated heterocycles. The Morgan fingerprint density at radius 3 is 1.29 bits per heavy atom. The van der Waals surface area contributed by atoms with Crippen LogP contribution in [0.4, 0.5) is 17.1 Å². The molecule has 0 aromatic heterocycles. The minimum atomic E-state index is 0.721. The Hall–Kier alpha value is -1.96. The second-order valence-corrected chi connectivity index (χ2v) is 11.6. The van der Waals surface area contributed by atoms with Crippen LogP contribution in [-0.2, 0) is 0 Å². The molecule has 3 unspecified atom stereocenters. The van der Waals surface area contributed by atoms with Crippen molar-refractivity contribution in [1.82, 2.24) is 0 Å². The Bertz CT molecular complexity index is 797. The summed E-state index contributed by atoms with van der Waals surface area (Å²) in [6.45, 7) is 17.6. The Morgan fingerprint density at radius 1 is 0.474 bits per heavy atom. The molecule has 3 atom stereocenters. The molecule has 0 aliphatic carbocycles. The third-order valence-corrected chi connectivity index (χ3v) is 8.62. The van der Waals surface area contributed by atoms with E-state index < -0.39 is 0 Å². The lowest BCUT2D eigenvalue weighted by Gasteiger charge is -2.33. The van der Waals surface area contributed by atoms with Gasteiger partial charge in [0, 0.05) is 36.7 Å². The minimum Gasteiger partial charge on any atom is -0.371 e. The van der Waals surface area contributed by atoms with Gasteiger partial charge >= 0.3 is 0 Å². The molecule has 0 heterocycles. The van der Waals surface area contributed by atoms with Gasteiger partial charge in [-0.05, 0) is 73.4 Å². The maximum absolute atomic E-state index is 2.74.